The maximum atomic E-state index is 5.99. The van der Waals surface area contributed by atoms with Crippen molar-refractivity contribution in [2.45, 2.75) is 20.3 Å². The van der Waals surface area contributed by atoms with Gasteiger partial charge < -0.3 is 4.74 Å². The molecule has 4 rings (SSSR count). The van der Waals surface area contributed by atoms with E-state index >= 15 is 0 Å². The minimum absolute atomic E-state index is 0.525. The molecule has 0 unspecified atom stereocenters. The Hall–Kier alpha value is -1.24. The zero-order valence-electron chi connectivity index (χ0n) is 9.79. The number of benzene rings is 1. The fraction of sp³-hybridized carbons (Fsp3) is 0.467. The van der Waals surface area contributed by atoms with Crippen LogP contribution < -0.4 is 4.74 Å². The van der Waals surface area contributed by atoms with Crippen LogP contribution in [-0.4, -0.2) is 6.61 Å². The second-order valence-corrected chi connectivity index (χ2v) is 5.75. The highest BCUT2D eigenvalue weighted by Gasteiger charge is 2.60. The van der Waals surface area contributed by atoms with Gasteiger partial charge in [0.25, 0.3) is 0 Å². The summed E-state index contributed by atoms with van der Waals surface area (Å²) in [6, 6.07) is 6.50. The molecule has 1 heteroatoms. The maximum absolute atomic E-state index is 5.99. The van der Waals surface area contributed by atoms with E-state index in [-0.39, 0.29) is 0 Å². The Bertz CT molecular complexity index is 514. The van der Waals surface area contributed by atoms with Crippen molar-refractivity contribution in [1.82, 2.24) is 0 Å². The molecule has 1 saturated carbocycles. The van der Waals surface area contributed by atoms with Crippen molar-refractivity contribution in [1.29, 1.82) is 0 Å². The molecule has 0 aromatic heterocycles. The van der Waals surface area contributed by atoms with E-state index in [1.54, 1.807) is 5.57 Å². The summed E-state index contributed by atoms with van der Waals surface area (Å²) < 4.78 is 5.99. The van der Waals surface area contributed by atoms with Crippen LogP contribution in [0, 0.1) is 24.2 Å². The molecule has 2 aliphatic carbocycles. The molecule has 1 nitrogen and oxygen atoms in total. The number of allylic oxidation sites excluding steroid dienone is 1. The molecule has 82 valence electrons. The standard InChI is InChI=1S/C15H16O/c1-9-4-3-5-11-12-6-10-7-15(10,2)13(12)8-16-14(9)11/h3-6,10,13H,7-8H2,1-2H3/t10-,13-,15+/m0/s1. The van der Waals surface area contributed by atoms with Crippen molar-refractivity contribution in [3.8, 4) is 5.75 Å². The van der Waals surface area contributed by atoms with Crippen molar-refractivity contribution < 1.29 is 4.74 Å². The zero-order valence-corrected chi connectivity index (χ0v) is 9.79. The van der Waals surface area contributed by atoms with Gasteiger partial charge in [-0.15, -0.1) is 0 Å². The van der Waals surface area contributed by atoms with Gasteiger partial charge in [-0.1, -0.05) is 31.2 Å². The lowest BCUT2D eigenvalue weighted by atomic mass is 9.82. The van der Waals surface area contributed by atoms with Gasteiger partial charge >= 0.3 is 0 Å². The quantitative estimate of drug-likeness (QED) is 0.640. The lowest BCUT2D eigenvalue weighted by Crippen LogP contribution is -2.25. The summed E-state index contributed by atoms with van der Waals surface area (Å²) >= 11 is 0. The van der Waals surface area contributed by atoms with Gasteiger partial charge in [-0.25, -0.2) is 0 Å². The van der Waals surface area contributed by atoms with Crippen LogP contribution in [0.4, 0.5) is 0 Å². The molecule has 0 spiro atoms. The minimum Gasteiger partial charge on any atom is -0.492 e. The average Bonchev–Trinajstić information content (AvgIpc) is 2.84. The summed E-state index contributed by atoms with van der Waals surface area (Å²) in [5, 5.41) is 0. The number of para-hydroxylation sites is 1. The molecule has 0 bridgehead atoms. The van der Waals surface area contributed by atoms with Crippen LogP contribution in [0.1, 0.15) is 24.5 Å². The molecule has 3 aliphatic rings. The zero-order chi connectivity index (χ0) is 10.9. The summed E-state index contributed by atoms with van der Waals surface area (Å²) in [4.78, 5) is 0. The summed E-state index contributed by atoms with van der Waals surface area (Å²) in [7, 11) is 0. The molecule has 3 atom stereocenters. The normalized spacial score (nSPS) is 38.0. The summed E-state index contributed by atoms with van der Waals surface area (Å²) in [6.07, 6.45) is 3.87. The third kappa shape index (κ3) is 0.881. The van der Waals surface area contributed by atoms with Gasteiger partial charge in [-0.2, -0.15) is 0 Å². The highest BCUT2D eigenvalue weighted by Crippen LogP contribution is 2.68. The van der Waals surface area contributed by atoms with Crippen LogP contribution in [-0.2, 0) is 0 Å². The first kappa shape index (κ1) is 8.86. The van der Waals surface area contributed by atoms with Gasteiger partial charge in [0.05, 0.1) is 6.61 Å². The van der Waals surface area contributed by atoms with E-state index in [0.29, 0.717) is 11.3 Å². The molecule has 0 saturated heterocycles. The Labute approximate surface area is 96.1 Å². The van der Waals surface area contributed by atoms with Crippen molar-refractivity contribution in [2.24, 2.45) is 17.3 Å². The van der Waals surface area contributed by atoms with E-state index < -0.39 is 0 Å². The maximum Gasteiger partial charge on any atom is 0.129 e. The fourth-order valence-electron chi connectivity index (χ4n) is 3.55. The van der Waals surface area contributed by atoms with Gasteiger partial charge in [-0.3, -0.25) is 0 Å². The van der Waals surface area contributed by atoms with Crippen LogP contribution in [0.5, 0.6) is 5.75 Å². The predicted octanol–water partition coefficient (Wildman–Crippen LogP) is 3.43. The van der Waals surface area contributed by atoms with Crippen LogP contribution in [0.2, 0.25) is 0 Å². The van der Waals surface area contributed by atoms with E-state index in [2.05, 4.69) is 38.1 Å². The van der Waals surface area contributed by atoms with E-state index in [1.807, 2.05) is 0 Å². The Morgan fingerprint density at radius 1 is 1.38 bits per heavy atom. The van der Waals surface area contributed by atoms with E-state index in [0.717, 1.165) is 18.3 Å². The highest BCUT2D eigenvalue weighted by atomic mass is 16.5. The summed E-state index contributed by atoms with van der Waals surface area (Å²) in [5.41, 5.74) is 4.70. The number of hydrogen-bond acceptors (Lipinski definition) is 1. The number of fused-ring (bicyclic) bond motifs is 5. The minimum atomic E-state index is 0.525. The molecule has 1 aliphatic heterocycles. The SMILES string of the molecule is Cc1cccc2c1OC[C@H]1C2=C[C@H]2C[C@]21C. The van der Waals surface area contributed by atoms with Crippen LogP contribution >= 0.6 is 0 Å². The second kappa shape index (κ2) is 2.53. The van der Waals surface area contributed by atoms with Crippen molar-refractivity contribution in [3.63, 3.8) is 0 Å². The summed E-state index contributed by atoms with van der Waals surface area (Å²) in [6.45, 7) is 5.43. The average molecular weight is 212 g/mol. The first-order valence-corrected chi connectivity index (χ1v) is 6.14. The number of aryl methyl sites for hydroxylation is 1. The number of hydrogen-bond donors (Lipinski definition) is 0. The molecular weight excluding hydrogens is 196 g/mol. The Morgan fingerprint density at radius 2 is 2.25 bits per heavy atom. The van der Waals surface area contributed by atoms with Crippen molar-refractivity contribution >= 4 is 5.57 Å². The first-order chi connectivity index (χ1) is 7.70. The molecule has 1 heterocycles. The van der Waals surface area contributed by atoms with E-state index in [1.165, 1.54) is 17.5 Å². The summed E-state index contributed by atoms with van der Waals surface area (Å²) in [5.74, 6) is 2.59. The van der Waals surface area contributed by atoms with E-state index in [4.69, 9.17) is 4.74 Å². The van der Waals surface area contributed by atoms with Crippen LogP contribution in [0.15, 0.2) is 24.3 Å². The van der Waals surface area contributed by atoms with Gasteiger partial charge in [0.2, 0.25) is 0 Å². The number of ether oxygens (including phenoxy) is 1. The van der Waals surface area contributed by atoms with E-state index in [9.17, 15) is 0 Å². The molecule has 16 heavy (non-hydrogen) atoms. The number of rotatable bonds is 0. The third-order valence-corrected chi connectivity index (χ3v) is 4.82. The molecule has 1 aromatic rings. The van der Waals surface area contributed by atoms with Crippen LogP contribution in [0.3, 0.4) is 0 Å². The van der Waals surface area contributed by atoms with Gasteiger partial charge in [0, 0.05) is 11.5 Å². The first-order valence-electron chi connectivity index (χ1n) is 6.14. The Balaban J connectivity index is 1.90. The smallest absolute Gasteiger partial charge is 0.129 e. The topological polar surface area (TPSA) is 9.23 Å². The fourth-order valence-corrected chi connectivity index (χ4v) is 3.55. The Kier molecular flexibility index (Phi) is 1.40. The monoisotopic (exact) mass is 212 g/mol. The van der Waals surface area contributed by atoms with Crippen LogP contribution in [0.25, 0.3) is 5.57 Å². The molecule has 0 amide bonds. The second-order valence-electron chi connectivity index (χ2n) is 5.75. The lowest BCUT2D eigenvalue weighted by molar-refractivity contribution is 0.219. The Morgan fingerprint density at radius 3 is 3.12 bits per heavy atom. The largest absolute Gasteiger partial charge is 0.492 e. The molecule has 0 radical (unpaired) electrons. The van der Waals surface area contributed by atoms with Gasteiger partial charge in [0.1, 0.15) is 5.75 Å². The van der Waals surface area contributed by atoms with Gasteiger partial charge in [0.15, 0.2) is 0 Å². The van der Waals surface area contributed by atoms with Gasteiger partial charge in [-0.05, 0) is 35.8 Å². The lowest BCUT2D eigenvalue weighted by Gasteiger charge is -2.30. The molecule has 1 fully saturated rings. The predicted molar refractivity (Wildman–Crippen MR) is 64.4 cm³/mol. The molecule has 1 aromatic carbocycles. The van der Waals surface area contributed by atoms with Crippen molar-refractivity contribution in [2.75, 3.05) is 6.61 Å². The third-order valence-electron chi connectivity index (χ3n) is 4.82. The highest BCUT2D eigenvalue weighted by molar-refractivity contribution is 5.78. The van der Waals surface area contributed by atoms with Crippen molar-refractivity contribution in [3.05, 3.63) is 35.4 Å². The molecular formula is C15H16O. The molecule has 0 N–H and O–H groups in total.